The Morgan fingerprint density at radius 2 is 1.97 bits per heavy atom. The molecule has 0 bridgehead atoms. The normalized spacial score (nSPS) is 13.3. The summed E-state index contributed by atoms with van der Waals surface area (Å²) in [6, 6.07) is 17.0. The number of carbonyl (C=O) groups is 1. The molecular formula is C24H26ClN3O3. The number of rotatable bonds is 9. The smallest absolute Gasteiger partial charge is 0.248 e. The molecule has 4 rings (SSSR count). The minimum atomic E-state index is -0.0324. The number of benzene rings is 2. The minimum Gasteiger partial charge on any atom is -0.439 e. The third kappa shape index (κ3) is 5.27. The fourth-order valence-corrected chi connectivity index (χ4v) is 3.67. The van der Waals surface area contributed by atoms with Crippen LogP contribution in [0.25, 0.3) is 5.69 Å². The van der Waals surface area contributed by atoms with Crippen LogP contribution in [0.5, 0.6) is 11.6 Å². The molecule has 6 nitrogen and oxygen atoms in total. The third-order valence-corrected chi connectivity index (χ3v) is 5.53. The second-order valence-corrected chi connectivity index (χ2v) is 8.26. The zero-order chi connectivity index (χ0) is 21.8. The molecule has 1 aliphatic carbocycles. The van der Waals surface area contributed by atoms with Gasteiger partial charge in [-0.15, -0.1) is 0 Å². The lowest BCUT2D eigenvalue weighted by atomic mass is 10.2. The van der Waals surface area contributed by atoms with Gasteiger partial charge in [0.2, 0.25) is 11.8 Å². The van der Waals surface area contributed by atoms with Gasteiger partial charge in [-0.2, -0.15) is 5.10 Å². The first-order valence-electron chi connectivity index (χ1n) is 10.4. The van der Waals surface area contributed by atoms with Crippen molar-refractivity contribution >= 4 is 17.5 Å². The first-order valence-corrected chi connectivity index (χ1v) is 10.8. The van der Waals surface area contributed by atoms with Crippen molar-refractivity contribution in [3.63, 3.8) is 0 Å². The molecular weight excluding hydrogens is 414 g/mol. The maximum Gasteiger partial charge on any atom is 0.248 e. The van der Waals surface area contributed by atoms with Crippen LogP contribution in [0.3, 0.4) is 0 Å². The molecule has 31 heavy (non-hydrogen) atoms. The number of hydrogen-bond donors (Lipinski definition) is 0. The zero-order valence-electron chi connectivity index (χ0n) is 17.8. The van der Waals surface area contributed by atoms with Crippen LogP contribution in [-0.4, -0.2) is 40.8 Å². The third-order valence-electron chi connectivity index (χ3n) is 5.29. The fourth-order valence-electron chi connectivity index (χ4n) is 3.48. The summed E-state index contributed by atoms with van der Waals surface area (Å²) in [5, 5.41) is 5.35. The van der Waals surface area contributed by atoms with Gasteiger partial charge in [0, 0.05) is 18.7 Å². The van der Waals surface area contributed by atoms with Crippen molar-refractivity contribution < 1.29 is 14.3 Å². The fraction of sp³-hybridized carbons (Fsp3) is 0.333. The van der Waals surface area contributed by atoms with Gasteiger partial charge >= 0.3 is 0 Å². The first kappa shape index (κ1) is 21.4. The van der Waals surface area contributed by atoms with Crippen molar-refractivity contribution in [3.8, 4) is 17.3 Å². The standard InChI is InChI=1S/C24H26ClN3O3/c1-17-22(15-27(14-18-11-12-18)23(29)16-30-2)24(31-21-9-4-3-5-10-21)28(26-17)20-8-6-7-19(25)13-20/h3-10,13,18H,11-12,14-16H2,1-2H3. The van der Waals surface area contributed by atoms with E-state index in [1.807, 2.05) is 66.4 Å². The van der Waals surface area contributed by atoms with Crippen molar-refractivity contribution in [1.29, 1.82) is 0 Å². The molecule has 0 radical (unpaired) electrons. The van der Waals surface area contributed by atoms with E-state index in [2.05, 4.69) is 0 Å². The van der Waals surface area contributed by atoms with Crippen molar-refractivity contribution in [3.05, 3.63) is 70.9 Å². The molecule has 0 saturated heterocycles. The molecule has 0 aliphatic heterocycles. The van der Waals surface area contributed by atoms with Crippen molar-refractivity contribution in [2.24, 2.45) is 5.92 Å². The predicted molar refractivity (Wildman–Crippen MR) is 120 cm³/mol. The van der Waals surface area contributed by atoms with E-state index in [-0.39, 0.29) is 12.5 Å². The molecule has 1 aliphatic rings. The molecule has 7 heteroatoms. The highest BCUT2D eigenvalue weighted by atomic mass is 35.5. The van der Waals surface area contributed by atoms with Crippen LogP contribution in [-0.2, 0) is 16.1 Å². The maximum atomic E-state index is 12.7. The van der Waals surface area contributed by atoms with Gasteiger partial charge in [0.15, 0.2) is 0 Å². The van der Waals surface area contributed by atoms with Gasteiger partial charge in [0.25, 0.3) is 0 Å². The maximum absolute atomic E-state index is 12.7. The van der Waals surface area contributed by atoms with Crippen LogP contribution >= 0.6 is 11.6 Å². The van der Waals surface area contributed by atoms with E-state index in [0.717, 1.165) is 36.3 Å². The molecule has 162 valence electrons. The zero-order valence-corrected chi connectivity index (χ0v) is 18.5. The van der Waals surface area contributed by atoms with Crippen molar-refractivity contribution in [2.75, 3.05) is 20.3 Å². The summed E-state index contributed by atoms with van der Waals surface area (Å²) in [7, 11) is 1.54. The number of hydrogen-bond acceptors (Lipinski definition) is 4. The highest BCUT2D eigenvalue weighted by molar-refractivity contribution is 6.30. The summed E-state index contributed by atoms with van der Waals surface area (Å²) < 4.78 is 13.2. The number of amides is 1. The summed E-state index contributed by atoms with van der Waals surface area (Å²) in [6.45, 7) is 3.12. The van der Waals surface area contributed by atoms with Crippen LogP contribution in [0.2, 0.25) is 5.02 Å². The predicted octanol–water partition coefficient (Wildman–Crippen LogP) is 5.01. The van der Waals surface area contributed by atoms with E-state index in [9.17, 15) is 4.79 Å². The molecule has 2 aromatic carbocycles. The van der Waals surface area contributed by atoms with E-state index in [1.165, 1.54) is 0 Å². The van der Waals surface area contributed by atoms with Crippen molar-refractivity contribution in [2.45, 2.75) is 26.3 Å². The van der Waals surface area contributed by atoms with Gasteiger partial charge in [-0.3, -0.25) is 4.79 Å². The number of methoxy groups -OCH3 is 1. The Hall–Kier alpha value is -2.83. The topological polar surface area (TPSA) is 56.6 Å². The lowest BCUT2D eigenvalue weighted by Gasteiger charge is -2.23. The molecule has 0 atom stereocenters. The molecule has 0 spiro atoms. The second kappa shape index (κ2) is 9.54. The van der Waals surface area contributed by atoms with Crippen LogP contribution in [0.4, 0.5) is 0 Å². The SMILES string of the molecule is COCC(=O)N(Cc1c(C)nn(-c2cccc(Cl)c2)c1Oc1ccccc1)CC1CC1. The average Bonchev–Trinajstić information content (AvgIpc) is 3.53. The molecule has 3 aromatic rings. The van der Waals surface area contributed by atoms with Crippen LogP contribution in [0, 0.1) is 12.8 Å². The number of ether oxygens (including phenoxy) is 2. The Bertz CT molecular complexity index is 1050. The Morgan fingerprint density at radius 1 is 1.19 bits per heavy atom. The van der Waals surface area contributed by atoms with E-state index < -0.39 is 0 Å². The summed E-state index contributed by atoms with van der Waals surface area (Å²) in [5.74, 6) is 1.80. The van der Waals surface area contributed by atoms with Gasteiger partial charge in [0.05, 0.1) is 23.5 Å². The van der Waals surface area contributed by atoms with Crippen LogP contribution in [0.1, 0.15) is 24.1 Å². The first-order chi connectivity index (χ1) is 15.0. The summed E-state index contributed by atoms with van der Waals surface area (Å²) in [4.78, 5) is 14.6. The second-order valence-electron chi connectivity index (χ2n) is 7.83. The molecule has 1 fully saturated rings. The highest BCUT2D eigenvalue weighted by Gasteiger charge is 2.29. The number of nitrogens with zero attached hydrogens (tertiary/aromatic N) is 3. The minimum absolute atomic E-state index is 0.0324. The van der Waals surface area contributed by atoms with E-state index >= 15 is 0 Å². The Labute approximate surface area is 187 Å². The largest absolute Gasteiger partial charge is 0.439 e. The molecule has 1 aromatic heterocycles. The summed E-state index contributed by atoms with van der Waals surface area (Å²) >= 11 is 6.23. The average molecular weight is 440 g/mol. The molecule has 1 saturated carbocycles. The van der Waals surface area contributed by atoms with Gasteiger partial charge in [-0.05, 0) is 56.0 Å². The summed E-state index contributed by atoms with van der Waals surface area (Å²) in [5.41, 5.74) is 2.47. The van der Waals surface area contributed by atoms with Crippen LogP contribution in [0.15, 0.2) is 54.6 Å². The monoisotopic (exact) mass is 439 g/mol. The molecule has 0 unspecified atom stereocenters. The molecule has 0 N–H and O–H groups in total. The highest BCUT2D eigenvalue weighted by Crippen LogP contribution is 2.34. The van der Waals surface area contributed by atoms with Gasteiger partial charge in [0.1, 0.15) is 12.4 Å². The lowest BCUT2D eigenvalue weighted by Crippen LogP contribution is -2.35. The number of aromatic nitrogens is 2. The number of carbonyl (C=O) groups excluding carboxylic acids is 1. The number of halogens is 1. The van der Waals surface area contributed by atoms with Crippen LogP contribution < -0.4 is 4.74 Å². The Morgan fingerprint density at radius 3 is 2.65 bits per heavy atom. The van der Waals surface area contributed by atoms with Crippen molar-refractivity contribution in [1.82, 2.24) is 14.7 Å². The Kier molecular flexibility index (Phi) is 6.59. The quantitative estimate of drug-likeness (QED) is 0.470. The Balaban J connectivity index is 1.74. The molecule has 1 heterocycles. The van der Waals surface area contributed by atoms with Gasteiger partial charge in [-0.25, -0.2) is 4.68 Å². The van der Waals surface area contributed by atoms with E-state index in [4.69, 9.17) is 26.2 Å². The van der Waals surface area contributed by atoms with Gasteiger partial charge in [-0.1, -0.05) is 35.9 Å². The number of aryl methyl sites for hydroxylation is 1. The number of para-hydroxylation sites is 1. The lowest BCUT2D eigenvalue weighted by molar-refractivity contribution is -0.136. The molecule has 1 amide bonds. The van der Waals surface area contributed by atoms with E-state index in [1.54, 1.807) is 11.8 Å². The summed E-state index contributed by atoms with van der Waals surface area (Å²) in [6.07, 6.45) is 2.32. The van der Waals surface area contributed by atoms with E-state index in [0.29, 0.717) is 29.1 Å². The van der Waals surface area contributed by atoms with Gasteiger partial charge < -0.3 is 14.4 Å².